The molecule has 0 aliphatic rings. The lowest BCUT2D eigenvalue weighted by atomic mass is 10.0. The van der Waals surface area contributed by atoms with Crippen LogP contribution in [0.3, 0.4) is 0 Å². The molecule has 0 radical (unpaired) electrons. The molecule has 2 nitrogen and oxygen atoms in total. The number of benzene rings is 2. The van der Waals surface area contributed by atoms with Gasteiger partial charge in [0.25, 0.3) is 0 Å². The van der Waals surface area contributed by atoms with Crippen LogP contribution in [0.2, 0.25) is 0 Å². The summed E-state index contributed by atoms with van der Waals surface area (Å²) in [6.07, 6.45) is 0. The van der Waals surface area contributed by atoms with Crippen LogP contribution < -0.4 is 0 Å². The molecule has 1 aromatic heterocycles. The smallest absolute Gasteiger partial charge is 0.337 e. The van der Waals surface area contributed by atoms with Gasteiger partial charge in [-0.05, 0) is 39.9 Å². The van der Waals surface area contributed by atoms with Crippen LogP contribution in [0.25, 0.3) is 21.2 Å². The van der Waals surface area contributed by atoms with Crippen LogP contribution in [-0.4, -0.2) is 13.1 Å². The Kier molecular flexibility index (Phi) is 3.05. The summed E-state index contributed by atoms with van der Waals surface area (Å²) < 4.78 is 4.78. The van der Waals surface area contributed by atoms with E-state index in [1.807, 2.05) is 30.3 Å². The first-order valence-corrected chi connectivity index (χ1v) is 6.82. The van der Waals surface area contributed by atoms with Crippen LogP contribution in [0.5, 0.6) is 0 Å². The van der Waals surface area contributed by atoms with E-state index >= 15 is 0 Å². The molecular weight excluding hydrogens is 256 g/mol. The minimum absolute atomic E-state index is 0.303. The second-order valence-corrected chi connectivity index (χ2v) is 5.16. The molecule has 3 aromatic rings. The van der Waals surface area contributed by atoms with Gasteiger partial charge in [0.2, 0.25) is 0 Å². The molecule has 0 unspecified atom stereocenters. The number of methoxy groups -OCH3 is 1. The van der Waals surface area contributed by atoms with E-state index < -0.39 is 0 Å². The van der Waals surface area contributed by atoms with E-state index in [4.69, 9.17) is 4.74 Å². The Morgan fingerprint density at radius 2 is 2.00 bits per heavy atom. The predicted octanol–water partition coefficient (Wildman–Crippen LogP) is 4.35. The first kappa shape index (κ1) is 11.9. The van der Waals surface area contributed by atoms with E-state index in [0.717, 1.165) is 16.3 Å². The fraction of sp³-hybridized carbons (Fsp3) is 0.0625. The lowest BCUT2D eigenvalue weighted by molar-refractivity contribution is 0.0601. The van der Waals surface area contributed by atoms with Crippen molar-refractivity contribution in [1.29, 1.82) is 0 Å². The molecule has 0 fully saturated rings. The maximum Gasteiger partial charge on any atom is 0.337 e. The topological polar surface area (TPSA) is 26.3 Å². The van der Waals surface area contributed by atoms with Gasteiger partial charge in [-0.25, -0.2) is 4.79 Å². The van der Waals surface area contributed by atoms with Crippen LogP contribution in [0.15, 0.2) is 53.9 Å². The Morgan fingerprint density at radius 1 is 1.11 bits per heavy atom. The van der Waals surface area contributed by atoms with Gasteiger partial charge in [0.05, 0.1) is 12.7 Å². The van der Waals surface area contributed by atoms with Crippen molar-refractivity contribution in [3.05, 3.63) is 59.5 Å². The number of hydrogen-bond acceptors (Lipinski definition) is 3. The molecule has 2 aromatic carbocycles. The lowest BCUT2D eigenvalue weighted by Gasteiger charge is -2.06. The van der Waals surface area contributed by atoms with Crippen LogP contribution in [0, 0.1) is 0 Å². The zero-order chi connectivity index (χ0) is 13.2. The molecule has 0 amide bonds. The second-order valence-electron chi connectivity index (χ2n) is 4.21. The summed E-state index contributed by atoms with van der Waals surface area (Å²) >= 11 is 1.69. The second kappa shape index (κ2) is 4.86. The SMILES string of the molecule is COC(=O)c1ccc2cccc(-c3cccs3)c2c1. The van der Waals surface area contributed by atoms with Gasteiger partial charge < -0.3 is 4.74 Å². The number of carbonyl (C=O) groups is 1. The molecule has 0 aliphatic heterocycles. The first-order chi connectivity index (χ1) is 9.29. The van der Waals surface area contributed by atoms with Gasteiger partial charge in [-0.1, -0.05) is 30.3 Å². The van der Waals surface area contributed by atoms with Gasteiger partial charge in [-0.2, -0.15) is 0 Å². The summed E-state index contributed by atoms with van der Waals surface area (Å²) in [5, 5.41) is 4.25. The summed E-state index contributed by atoms with van der Waals surface area (Å²) in [5.74, 6) is -0.303. The van der Waals surface area contributed by atoms with Crippen molar-refractivity contribution in [1.82, 2.24) is 0 Å². The molecule has 0 atom stereocenters. The van der Waals surface area contributed by atoms with E-state index in [-0.39, 0.29) is 5.97 Å². The summed E-state index contributed by atoms with van der Waals surface area (Å²) in [4.78, 5) is 12.8. The van der Waals surface area contributed by atoms with Gasteiger partial charge in [-0.15, -0.1) is 11.3 Å². The molecule has 0 bridgehead atoms. The van der Waals surface area contributed by atoms with E-state index in [9.17, 15) is 4.79 Å². The number of ether oxygens (including phenoxy) is 1. The highest BCUT2D eigenvalue weighted by Gasteiger charge is 2.09. The third-order valence-electron chi connectivity index (χ3n) is 3.09. The minimum Gasteiger partial charge on any atom is -0.465 e. The summed E-state index contributed by atoms with van der Waals surface area (Å²) in [7, 11) is 1.40. The average Bonchev–Trinajstić information content (AvgIpc) is 2.99. The summed E-state index contributed by atoms with van der Waals surface area (Å²) in [6, 6.07) is 15.9. The van der Waals surface area contributed by atoms with Crippen molar-refractivity contribution in [2.24, 2.45) is 0 Å². The predicted molar refractivity (Wildman–Crippen MR) is 78.6 cm³/mol. The molecule has 0 saturated heterocycles. The van der Waals surface area contributed by atoms with Crippen molar-refractivity contribution in [3.63, 3.8) is 0 Å². The fourth-order valence-electron chi connectivity index (χ4n) is 2.16. The molecule has 1 heterocycles. The Morgan fingerprint density at radius 3 is 2.74 bits per heavy atom. The average molecular weight is 268 g/mol. The zero-order valence-corrected chi connectivity index (χ0v) is 11.2. The number of hydrogen-bond donors (Lipinski definition) is 0. The standard InChI is InChI=1S/C16H12O2S/c1-18-16(17)12-8-7-11-4-2-5-13(14(11)10-12)15-6-3-9-19-15/h2-10H,1H3. The molecule has 0 N–H and O–H groups in total. The van der Waals surface area contributed by atoms with E-state index in [1.54, 1.807) is 17.4 Å². The number of thiophene rings is 1. The van der Waals surface area contributed by atoms with Crippen molar-refractivity contribution in [3.8, 4) is 10.4 Å². The van der Waals surface area contributed by atoms with Crippen LogP contribution in [0.1, 0.15) is 10.4 Å². The van der Waals surface area contributed by atoms with E-state index in [2.05, 4.69) is 17.5 Å². The van der Waals surface area contributed by atoms with E-state index in [1.165, 1.54) is 12.0 Å². The molecule has 3 rings (SSSR count). The summed E-state index contributed by atoms with van der Waals surface area (Å²) in [6.45, 7) is 0. The van der Waals surface area contributed by atoms with Crippen LogP contribution in [0.4, 0.5) is 0 Å². The van der Waals surface area contributed by atoms with Crippen LogP contribution in [-0.2, 0) is 4.74 Å². The van der Waals surface area contributed by atoms with Gasteiger partial charge in [0.15, 0.2) is 0 Å². The highest BCUT2D eigenvalue weighted by Crippen LogP contribution is 2.32. The lowest BCUT2D eigenvalue weighted by Crippen LogP contribution is -2.00. The number of carbonyl (C=O) groups excluding carboxylic acids is 1. The monoisotopic (exact) mass is 268 g/mol. The molecular formula is C16H12O2S. The number of fused-ring (bicyclic) bond motifs is 1. The molecule has 0 aliphatic carbocycles. The van der Waals surface area contributed by atoms with Gasteiger partial charge in [0, 0.05) is 4.88 Å². The molecule has 0 saturated carbocycles. The maximum atomic E-state index is 11.6. The zero-order valence-electron chi connectivity index (χ0n) is 10.4. The normalized spacial score (nSPS) is 10.6. The molecule has 3 heteroatoms. The number of rotatable bonds is 2. The van der Waals surface area contributed by atoms with Crippen LogP contribution >= 0.6 is 11.3 Å². The Bertz CT molecular complexity index is 730. The third kappa shape index (κ3) is 2.13. The Balaban J connectivity index is 2.25. The Labute approximate surface area is 115 Å². The number of esters is 1. The maximum absolute atomic E-state index is 11.6. The van der Waals surface area contributed by atoms with Crippen molar-refractivity contribution >= 4 is 28.1 Å². The van der Waals surface area contributed by atoms with E-state index in [0.29, 0.717) is 5.56 Å². The molecule has 94 valence electrons. The quantitative estimate of drug-likeness (QED) is 0.646. The van der Waals surface area contributed by atoms with Gasteiger partial charge in [-0.3, -0.25) is 0 Å². The fourth-order valence-corrected chi connectivity index (χ4v) is 2.93. The third-order valence-corrected chi connectivity index (χ3v) is 3.99. The Hall–Kier alpha value is -2.13. The highest BCUT2D eigenvalue weighted by atomic mass is 32.1. The first-order valence-electron chi connectivity index (χ1n) is 5.94. The minimum atomic E-state index is -0.303. The molecule has 0 spiro atoms. The van der Waals surface area contributed by atoms with Crippen molar-refractivity contribution < 1.29 is 9.53 Å². The van der Waals surface area contributed by atoms with Crippen molar-refractivity contribution in [2.45, 2.75) is 0 Å². The molecule has 19 heavy (non-hydrogen) atoms. The largest absolute Gasteiger partial charge is 0.465 e. The summed E-state index contributed by atoms with van der Waals surface area (Å²) in [5.41, 5.74) is 1.73. The highest BCUT2D eigenvalue weighted by molar-refractivity contribution is 7.13. The van der Waals surface area contributed by atoms with Gasteiger partial charge in [0.1, 0.15) is 0 Å². The van der Waals surface area contributed by atoms with Gasteiger partial charge >= 0.3 is 5.97 Å². The van der Waals surface area contributed by atoms with Crippen molar-refractivity contribution in [2.75, 3.05) is 7.11 Å².